The molecule has 0 saturated heterocycles. The molecule has 2 aromatic carbocycles. The van der Waals surface area contributed by atoms with Crippen LogP contribution in [0, 0.1) is 5.92 Å². The molecule has 3 rings (SSSR count). The largest absolute Gasteiger partial charge is 0.496 e. The van der Waals surface area contributed by atoms with Crippen molar-refractivity contribution in [1.29, 1.82) is 0 Å². The molecule has 0 aliphatic heterocycles. The quantitative estimate of drug-likeness (QED) is 0.430. The Bertz CT molecular complexity index is 1050. The maximum absolute atomic E-state index is 10.6. The molecule has 1 heterocycles. The molecular formula is C24H26ClF3N2O3. The van der Waals surface area contributed by atoms with E-state index in [9.17, 15) is 13.2 Å². The highest BCUT2D eigenvalue weighted by Gasteiger charge is 2.38. The number of halogens is 4. The van der Waals surface area contributed by atoms with E-state index in [1.54, 1.807) is 7.11 Å². The van der Waals surface area contributed by atoms with Crippen LogP contribution >= 0.6 is 11.6 Å². The van der Waals surface area contributed by atoms with Gasteiger partial charge in [-0.05, 0) is 42.5 Å². The molecule has 0 unspecified atom stereocenters. The average Bonchev–Trinajstić information content (AvgIpc) is 3.14. The van der Waals surface area contributed by atoms with E-state index < -0.39 is 12.1 Å². The molecule has 0 fully saturated rings. The Morgan fingerprint density at radius 3 is 2.30 bits per heavy atom. The van der Waals surface area contributed by atoms with E-state index in [0.717, 1.165) is 41.4 Å². The molecule has 33 heavy (non-hydrogen) atoms. The van der Waals surface area contributed by atoms with Crippen LogP contribution in [0.5, 0.6) is 5.75 Å². The molecule has 0 aliphatic rings. The Kier molecular flexibility index (Phi) is 9.34. The van der Waals surface area contributed by atoms with E-state index in [0.29, 0.717) is 5.92 Å². The Morgan fingerprint density at radius 2 is 1.76 bits per heavy atom. The predicted molar refractivity (Wildman–Crippen MR) is 122 cm³/mol. The van der Waals surface area contributed by atoms with Gasteiger partial charge in [-0.15, -0.1) is 0 Å². The lowest BCUT2D eigenvalue weighted by Gasteiger charge is -2.14. The predicted octanol–water partition coefficient (Wildman–Crippen LogP) is 6.29. The molecule has 0 saturated carbocycles. The summed E-state index contributed by atoms with van der Waals surface area (Å²) in [7, 11) is 1.72. The van der Waals surface area contributed by atoms with Gasteiger partial charge in [0.2, 0.25) is 0 Å². The third-order valence-corrected chi connectivity index (χ3v) is 4.97. The number of alkyl halides is 3. The molecule has 9 heteroatoms. The lowest BCUT2D eigenvalue weighted by atomic mass is 10.0. The number of methoxy groups -OCH3 is 1. The number of aromatic nitrogens is 2. The number of hydrogen-bond donors (Lipinski definition) is 1. The molecule has 0 aliphatic carbocycles. The summed E-state index contributed by atoms with van der Waals surface area (Å²) < 4.78 is 39.5. The molecule has 178 valence electrons. The van der Waals surface area contributed by atoms with Crippen LogP contribution in [0.2, 0.25) is 5.02 Å². The number of rotatable bonds is 7. The van der Waals surface area contributed by atoms with Crippen molar-refractivity contribution in [3.8, 4) is 17.0 Å². The summed E-state index contributed by atoms with van der Waals surface area (Å²) in [5.74, 6) is -1.26. The zero-order valence-electron chi connectivity index (χ0n) is 18.6. The smallest absolute Gasteiger partial charge is 0.490 e. The summed E-state index contributed by atoms with van der Waals surface area (Å²) in [6.45, 7) is 5.36. The summed E-state index contributed by atoms with van der Waals surface area (Å²) in [6.07, 6.45) is -1.23. The number of aliphatic carboxylic acids is 1. The van der Waals surface area contributed by atoms with E-state index >= 15 is 0 Å². The van der Waals surface area contributed by atoms with Crippen LogP contribution in [0.15, 0.2) is 54.9 Å². The summed E-state index contributed by atoms with van der Waals surface area (Å²) in [5, 5.41) is 7.87. The minimum absolute atomic E-state index is 0.558. The highest BCUT2D eigenvalue weighted by Crippen LogP contribution is 2.27. The number of nitrogens with zero attached hydrogens (tertiary/aromatic N) is 2. The maximum atomic E-state index is 10.6. The topological polar surface area (TPSA) is 64.4 Å². The molecule has 0 amide bonds. The normalized spacial score (nSPS) is 11.2. The Hall–Kier alpha value is -3.00. The third kappa shape index (κ3) is 7.82. The number of hydrogen-bond acceptors (Lipinski definition) is 3. The minimum atomic E-state index is -5.08. The molecule has 5 nitrogen and oxygen atoms in total. The van der Waals surface area contributed by atoms with Gasteiger partial charge in [-0.3, -0.25) is 0 Å². The first kappa shape index (κ1) is 26.3. The van der Waals surface area contributed by atoms with Crippen LogP contribution in [0.4, 0.5) is 13.2 Å². The standard InChI is InChI=1S/C22H25ClN2O.C2HF3O2/c1-16(2)14-20-22(18-8-10-19(23)11-9-18)24-15-25(20)13-12-17-6-4-5-7-21(17)26-3;3-2(4,5)1(6)7/h4-11,15-16H,12-14H2,1-3H3;(H,6,7). The van der Waals surface area contributed by atoms with Crippen molar-refractivity contribution < 1.29 is 27.8 Å². The van der Waals surface area contributed by atoms with Gasteiger partial charge in [0.05, 0.1) is 19.1 Å². The number of ether oxygens (including phenoxy) is 1. The highest BCUT2D eigenvalue weighted by molar-refractivity contribution is 6.30. The fraction of sp³-hybridized carbons (Fsp3) is 0.333. The minimum Gasteiger partial charge on any atom is -0.496 e. The lowest BCUT2D eigenvalue weighted by molar-refractivity contribution is -0.192. The van der Waals surface area contributed by atoms with Gasteiger partial charge in [-0.1, -0.05) is 55.8 Å². The van der Waals surface area contributed by atoms with E-state index in [-0.39, 0.29) is 0 Å². The van der Waals surface area contributed by atoms with E-state index in [4.69, 9.17) is 31.2 Å². The molecule has 0 atom stereocenters. The number of carboxylic acid groups (broad SMARTS) is 1. The number of para-hydroxylation sites is 1. The molecule has 1 aromatic heterocycles. The monoisotopic (exact) mass is 482 g/mol. The number of carbonyl (C=O) groups is 1. The van der Waals surface area contributed by atoms with Crippen molar-refractivity contribution in [1.82, 2.24) is 9.55 Å². The fourth-order valence-corrected chi connectivity index (χ4v) is 3.33. The number of imidazole rings is 1. The lowest BCUT2D eigenvalue weighted by Crippen LogP contribution is -2.21. The summed E-state index contributed by atoms with van der Waals surface area (Å²) >= 11 is 6.04. The van der Waals surface area contributed by atoms with Crippen LogP contribution in [0.1, 0.15) is 25.1 Å². The SMILES string of the molecule is COc1ccccc1CCn1cnc(-c2ccc(Cl)cc2)c1CC(C)C.O=C(O)C(F)(F)F. The molecule has 1 N–H and O–H groups in total. The third-order valence-electron chi connectivity index (χ3n) is 4.72. The van der Waals surface area contributed by atoms with Crippen molar-refractivity contribution in [2.45, 2.75) is 39.4 Å². The van der Waals surface area contributed by atoms with E-state index in [1.165, 1.54) is 11.3 Å². The van der Waals surface area contributed by atoms with Gasteiger partial charge < -0.3 is 14.4 Å². The number of benzene rings is 2. The van der Waals surface area contributed by atoms with Gasteiger partial charge in [-0.25, -0.2) is 9.78 Å². The second-order valence-electron chi connectivity index (χ2n) is 7.70. The average molecular weight is 483 g/mol. The number of carboxylic acids is 1. The molecule has 3 aromatic rings. The van der Waals surface area contributed by atoms with Crippen molar-refractivity contribution in [2.24, 2.45) is 5.92 Å². The molecular weight excluding hydrogens is 457 g/mol. The zero-order valence-corrected chi connectivity index (χ0v) is 19.3. The summed E-state index contributed by atoms with van der Waals surface area (Å²) in [6, 6.07) is 16.1. The first-order chi connectivity index (χ1) is 15.5. The Morgan fingerprint density at radius 1 is 1.15 bits per heavy atom. The second kappa shape index (κ2) is 11.7. The molecule has 0 spiro atoms. The first-order valence-electron chi connectivity index (χ1n) is 10.2. The Labute approximate surface area is 195 Å². The highest BCUT2D eigenvalue weighted by atomic mass is 35.5. The summed E-state index contributed by atoms with van der Waals surface area (Å²) in [4.78, 5) is 13.6. The molecule has 0 bridgehead atoms. The van der Waals surface area contributed by atoms with Crippen LogP contribution in [0.3, 0.4) is 0 Å². The van der Waals surface area contributed by atoms with Gasteiger partial charge >= 0.3 is 12.1 Å². The van der Waals surface area contributed by atoms with Crippen molar-refractivity contribution in [2.75, 3.05) is 7.11 Å². The zero-order chi connectivity index (χ0) is 24.6. The maximum Gasteiger partial charge on any atom is 0.490 e. The second-order valence-corrected chi connectivity index (χ2v) is 8.14. The van der Waals surface area contributed by atoms with E-state index in [1.807, 2.05) is 42.7 Å². The number of aryl methyl sites for hydroxylation is 2. The summed E-state index contributed by atoms with van der Waals surface area (Å²) in [5.41, 5.74) is 4.65. The van der Waals surface area contributed by atoms with E-state index in [2.05, 4.69) is 30.5 Å². The fourth-order valence-electron chi connectivity index (χ4n) is 3.20. The molecule has 0 radical (unpaired) electrons. The van der Waals surface area contributed by atoms with Crippen molar-refractivity contribution in [3.63, 3.8) is 0 Å². The van der Waals surface area contributed by atoms with Crippen molar-refractivity contribution >= 4 is 17.6 Å². The van der Waals surface area contributed by atoms with Gasteiger partial charge in [0.15, 0.2) is 0 Å². The van der Waals surface area contributed by atoms with Crippen molar-refractivity contribution in [3.05, 3.63) is 71.1 Å². The van der Waals surface area contributed by atoms with Crippen LogP contribution in [0.25, 0.3) is 11.3 Å². The Balaban J connectivity index is 0.000000479. The first-order valence-corrected chi connectivity index (χ1v) is 10.6. The van der Waals surface area contributed by atoms with Gasteiger partial charge in [0.1, 0.15) is 5.75 Å². The van der Waals surface area contributed by atoms with Crippen LogP contribution < -0.4 is 4.74 Å². The van der Waals surface area contributed by atoms with Gasteiger partial charge in [0, 0.05) is 22.8 Å². The van der Waals surface area contributed by atoms with Gasteiger partial charge in [0.25, 0.3) is 0 Å². The van der Waals surface area contributed by atoms with Crippen LogP contribution in [-0.2, 0) is 24.2 Å². The van der Waals surface area contributed by atoms with Gasteiger partial charge in [-0.2, -0.15) is 13.2 Å². The van der Waals surface area contributed by atoms with Crippen LogP contribution in [-0.4, -0.2) is 33.9 Å².